The van der Waals surface area contributed by atoms with E-state index in [4.69, 9.17) is 27.9 Å². The Morgan fingerprint density at radius 2 is 2.12 bits per heavy atom. The quantitative estimate of drug-likeness (QED) is 0.294. The van der Waals surface area contributed by atoms with Crippen LogP contribution < -0.4 is 5.32 Å². The van der Waals surface area contributed by atoms with Gasteiger partial charge in [-0.3, -0.25) is 4.79 Å². The van der Waals surface area contributed by atoms with Crippen LogP contribution in [0.2, 0.25) is 10.0 Å². The number of anilines is 1. The summed E-state index contributed by atoms with van der Waals surface area (Å²) in [4.78, 5) is 26.4. The lowest BCUT2D eigenvalue weighted by Gasteiger charge is -2.18. The van der Waals surface area contributed by atoms with E-state index in [9.17, 15) is 9.59 Å². The highest BCUT2D eigenvalue weighted by Gasteiger charge is 2.29. The number of thioether (sulfide) groups is 1. The van der Waals surface area contributed by atoms with E-state index in [-0.39, 0.29) is 11.7 Å². The molecule has 0 spiro atoms. The van der Waals surface area contributed by atoms with Gasteiger partial charge in [-0.2, -0.15) is 0 Å². The minimum absolute atomic E-state index is 0.117. The molecule has 0 bridgehead atoms. The minimum atomic E-state index is -0.412. The molecule has 0 fully saturated rings. The molecule has 1 aromatic carbocycles. The third-order valence-corrected chi connectivity index (χ3v) is 8.38. The second kappa shape index (κ2) is 10.7. The van der Waals surface area contributed by atoms with E-state index in [0.717, 1.165) is 35.3 Å². The van der Waals surface area contributed by atoms with Gasteiger partial charge in [0.05, 0.1) is 23.4 Å². The molecule has 1 unspecified atom stereocenters. The summed E-state index contributed by atoms with van der Waals surface area (Å²) in [6, 6.07) is 5.21. The van der Waals surface area contributed by atoms with Crippen molar-refractivity contribution in [1.29, 1.82) is 0 Å². The molecule has 1 N–H and O–H groups in total. The van der Waals surface area contributed by atoms with Crippen molar-refractivity contribution in [1.82, 2.24) is 14.8 Å². The Morgan fingerprint density at radius 1 is 1.32 bits per heavy atom. The fourth-order valence-electron chi connectivity index (χ4n) is 4.00. The van der Waals surface area contributed by atoms with Crippen molar-refractivity contribution in [3.63, 3.8) is 0 Å². The zero-order chi connectivity index (χ0) is 24.4. The first kappa shape index (κ1) is 25.0. The summed E-state index contributed by atoms with van der Waals surface area (Å²) in [6.07, 6.45) is 2.74. The van der Waals surface area contributed by atoms with Crippen LogP contribution in [-0.2, 0) is 28.9 Å². The van der Waals surface area contributed by atoms with Gasteiger partial charge >= 0.3 is 5.97 Å². The molecule has 1 aliphatic carbocycles. The monoisotopic (exact) mass is 538 g/mol. The number of fused-ring (bicyclic) bond motifs is 1. The van der Waals surface area contributed by atoms with Crippen LogP contribution in [0.1, 0.15) is 41.1 Å². The van der Waals surface area contributed by atoms with Crippen LogP contribution in [0, 0.1) is 5.92 Å². The third kappa shape index (κ3) is 5.12. The molecule has 0 saturated heterocycles. The van der Waals surface area contributed by atoms with E-state index in [0.29, 0.717) is 44.1 Å². The summed E-state index contributed by atoms with van der Waals surface area (Å²) in [6.45, 7) is 4.78. The Morgan fingerprint density at radius 3 is 2.82 bits per heavy atom. The van der Waals surface area contributed by atoms with Crippen molar-refractivity contribution in [2.75, 3.05) is 18.2 Å². The molecule has 11 heteroatoms. The number of hydrogen-bond donors (Lipinski definition) is 1. The van der Waals surface area contributed by atoms with Crippen molar-refractivity contribution >= 4 is 63.2 Å². The van der Waals surface area contributed by atoms with Gasteiger partial charge in [-0.1, -0.05) is 41.9 Å². The van der Waals surface area contributed by atoms with E-state index < -0.39 is 5.97 Å². The number of ether oxygens (including phenoxy) is 1. The predicted octanol–water partition coefficient (Wildman–Crippen LogP) is 5.98. The molecule has 0 aliphatic heterocycles. The lowest BCUT2D eigenvalue weighted by molar-refractivity contribution is -0.113. The maximum absolute atomic E-state index is 12.8. The first-order valence-corrected chi connectivity index (χ1v) is 13.4. The Hall–Kier alpha value is -2.07. The average molecular weight is 540 g/mol. The normalized spacial score (nSPS) is 15.1. The minimum Gasteiger partial charge on any atom is -0.465 e. The zero-order valence-electron chi connectivity index (χ0n) is 19.0. The number of halogens is 2. The van der Waals surface area contributed by atoms with Gasteiger partial charge in [0.25, 0.3) is 0 Å². The fourth-order valence-corrected chi connectivity index (χ4v) is 6.71. The maximum Gasteiger partial charge on any atom is 0.341 e. The molecule has 7 nitrogen and oxygen atoms in total. The van der Waals surface area contributed by atoms with Crippen molar-refractivity contribution in [2.24, 2.45) is 5.92 Å². The van der Waals surface area contributed by atoms with Gasteiger partial charge in [0.1, 0.15) is 5.00 Å². The number of rotatable bonds is 7. The summed E-state index contributed by atoms with van der Waals surface area (Å²) in [7, 11) is 1.36. The van der Waals surface area contributed by atoms with Crippen molar-refractivity contribution in [3.8, 4) is 11.4 Å². The topological polar surface area (TPSA) is 86.1 Å². The second-order valence-corrected chi connectivity index (χ2v) is 11.0. The Balaban J connectivity index is 1.50. The highest BCUT2D eigenvalue weighted by molar-refractivity contribution is 7.99. The first-order chi connectivity index (χ1) is 16.3. The first-order valence-electron chi connectivity index (χ1n) is 10.9. The van der Waals surface area contributed by atoms with Gasteiger partial charge in [0.15, 0.2) is 11.0 Å². The van der Waals surface area contributed by atoms with Crippen LogP contribution in [0.4, 0.5) is 5.00 Å². The number of benzene rings is 1. The number of nitrogens with one attached hydrogen (secondary N) is 1. The number of methoxy groups -OCH3 is 1. The number of thiophene rings is 1. The molecule has 1 atom stereocenters. The van der Waals surface area contributed by atoms with E-state index in [2.05, 4.69) is 22.4 Å². The van der Waals surface area contributed by atoms with E-state index in [1.54, 1.807) is 18.2 Å². The summed E-state index contributed by atoms with van der Waals surface area (Å²) >= 11 is 15.1. The van der Waals surface area contributed by atoms with Crippen molar-refractivity contribution < 1.29 is 14.3 Å². The molecule has 4 rings (SSSR count). The third-order valence-electron chi connectivity index (χ3n) is 5.69. The van der Waals surface area contributed by atoms with Gasteiger partial charge in [0.2, 0.25) is 5.91 Å². The maximum atomic E-state index is 12.8. The summed E-state index contributed by atoms with van der Waals surface area (Å²) in [5.74, 6) is 0.648. The fraction of sp³-hybridized carbons (Fsp3) is 0.391. The summed E-state index contributed by atoms with van der Waals surface area (Å²) in [5.41, 5.74) is 2.22. The van der Waals surface area contributed by atoms with E-state index in [1.165, 1.54) is 30.2 Å². The van der Waals surface area contributed by atoms with Crippen molar-refractivity contribution in [3.05, 3.63) is 44.2 Å². The van der Waals surface area contributed by atoms with Crippen LogP contribution in [0.15, 0.2) is 23.4 Å². The molecular formula is C23H24Cl2N4O3S2. The molecule has 2 aromatic heterocycles. The molecular weight excluding hydrogens is 515 g/mol. The van der Waals surface area contributed by atoms with Crippen LogP contribution >= 0.6 is 46.3 Å². The highest BCUT2D eigenvalue weighted by atomic mass is 35.5. The van der Waals surface area contributed by atoms with Crippen LogP contribution in [0.25, 0.3) is 11.4 Å². The van der Waals surface area contributed by atoms with Crippen LogP contribution in [0.3, 0.4) is 0 Å². The number of nitrogens with zero attached hydrogens (tertiary/aromatic N) is 3. The number of carbonyl (C=O) groups is 2. The highest BCUT2D eigenvalue weighted by Crippen LogP contribution is 2.40. The molecule has 34 heavy (non-hydrogen) atoms. The predicted molar refractivity (Wildman–Crippen MR) is 137 cm³/mol. The largest absolute Gasteiger partial charge is 0.465 e. The van der Waals surface area contributed by atoms with E-state index >= 15 is 0 Å². The van der Waals surface area contributed by atoms with Gasteiger partial charge in [-0.15, -0.1) is 21.5 Å². The van der Waals surface area contributed by atoms with Crippen LogP contribution in [0.5, 0.6) is 0 Å². The molecule has 2 heterocycles. The smallest absolute Gasteiger partial charge is 0.341 e. The van der Waals surface area contributed by atoms with Gasteiger partial charge < -0.3 is 14.6 Å². The lowest BCUT2D eigenvalue weighted by Crippen LogP contribution is -2.17. The molecule has 3 aromatic rings. The average Bonchev–Trinajstić information content (AvgIpc) is 3.37. The Labute approximate surface area is 216 Å². The molecule has 1 amide bonds. The molecule has 180 valence electrons. The Kier molecular flexibility index (Phi) is 7.87. The lowest BCUT2D eigenvalue weighted by atomic mass is 9.88. The van der Waals surface area contributed by atoms with Gasteiger partial charge in [-0.25, -0.2) is 4.79 Å². The van der Waals surface area contributed by atoms with Gasteiger partial charge in [0, 0.05) is 22.0 Å². The van der Waals surface area contributed by atoms with Crippen molar-refractivity contribution in [2.45, 2.75) is 44.8 Å². The number of carbonyl (C=O) groups excluding carboxylic acids is 2. The number of esters is 1. The zero-order valence-corrected chi connectivity index (χ0v) is 22.1. The number of amides is 1. The molecule has 0 radical (unpaired) electrons. The number of aromatic nitrogens is 3. The standard InChI is InChI=1S/C23H24Cl2N4O3S2/c1-4-29-20(14-8-6-13(24)10-16(14)25)27-28-23(29)33-11-18(30)26-21-19(22(31)32-3)15-7-5-12(2)9-17(15)34-21/h6,8,10,12H,4-5,7,9,11H2,1-3H3,(H,26,30). The number of hydrogen-bond acceptors (Lipinski definition) is 7. The molecule has 1 aliphatic rings. The SMILES string of the molecule is CCn1c(SCC(=O)Nc2sc3c(c2C(=O)OC)CCC(C)C3)nnc1-c1ccc(Cl)cc1Cl. The summed E-state index contributed by atoms with van der Waals surface area (Å²) in [5, 5.41) is 13.6. The van der Waals surface area contributed by atoms with Gasteiger partial charge in [-0.05, 0) is 55.9 Å². The molecule has 0 saturated carbocycles. The van der Waals surface area contributed by atoms with E-state index in [1.807, 2.05) is 11.5 Å². The Bertz CT molecular complexity index is 1240. The summed E-state index contributed by atoms with van der Waals surface area (Å²) < 4.78 is 6.90. The second-order valence-electron chi connectivity index (χ2n) is 8.06. The van der Waals surface area contributed by atoms with Crippen LogP contribution in [-0.4, -0.2) is 39.5 Å².